The molecule has 0 spiro atoms. The standard InChI is InChI=1S/C14H26ClNO2/c1-5-12(6-7-15)8-16-14(17)13-9(2)10(3)18-11(13)4/h9-13H,5-8H2,1-4H3,(H,16,17). The fourth-order valence-electron chi connectivity index (χ4n) is 2.69. The monoisotopic (exact) mass is 275 g/mol. The first-order valence-corrected chi connectivity index (χ1v) is 7.53. The third-order valence-electron chi connectivity index (χ3n) is 4.20. The van der Waals surface area contributed by atoms with Gasteiger partial charge >= 0.3 is 0 Å². The van der Waals surface area contributed by atoms with Gasteiger partial charge in [0.05, 0.1) is 18.1 Å². The van der Waals surface area contributed by atoms with Crippen LogP contribution in [-0.2, 0) is 9.53 Å². The van der Waals surface area contributed by atoms with Crippen LogP contribution in [0.5, 0.6) is 0 Å². The minimum absolute atomic E-state index is 0.0168. The summed E-state index contributed by atoms with van der Waals surface area (Å²) in [6.45, 7) is 8.98. The van der Waals surface area contributed by atoms with Crippen molar-refractivity contribution in [2.45, 2.75) is 52.7 Å². The van der Waals surface area contributed by atoms with Crippen molar-refractivity contribution in [1.82, 2.24) is 5.32 Å². The average molecular weight is 276 g/mol. The van der Waals surface area contributed by atoms with Gasteiger partial charge in [-0.05, 0) is 32.1 Å². The number of amides is 1. The molecule has 0 aromatic heterocycles. The van der Waals surface area contributed by atoms with E-state index in [1.54, 1.807) is 0 Å². The van der Waals surface area contributed by atoms with Crippen molar-refractivity contribution in [3.8, 4) is 0 Å². The number of alkyl halides is 1. The van der Waals surface area contributed by atoms with Crippen LogP contribution in [0.4, 0.5) is 0 Å². The maximum Gasteiger partial charge on any atom is 0.226 e. The molecular formula is C14H26ClNO2. The number of halogens is 1. The van der Waals surface area contributed by atoms with Gasteiger partial charge in [0.25, 0.3) is 0 Å². The minimum atomic E-state index is -0.0199. The number of hydrogen-bond acceptors (Lipinski definition) is 2. The van der Waals surface area contributed by atoms with E-state index in [4.69, 9.17) is 16.3 Å². The van der Waals surface area contributed by atoms with Crippen LogP contribution < -0.4 is 5.32 Å². The molecule has 1 N–H and O–H groups in total. The molecule has 1 fully saturated rings. The van der Waals surface area contributed by atoms with Crippen LogP contribution in [0.25, 0.3) is 0 Å². The van der Waals surface area contributed by atoms with Gasteiger partial charge in [0, 0.05) is 12.4 Å². The summed E-state index contributed by atoms with van der Waals surface area (Å²) in [7, 11) is 0. The molecule has 0 radical (unpaired) electrons. The molecule has 0 saturated carbocycles. The zero-order valence-electron chi connectivity index (χ0n) is 11.9. The third kappa shape index (κ3) is 3.86. The highest BCUT2D eigenvalue weighted by Crippen LogP contribution is 2.32. The van der Waals surface area contributed by atoms with Crippen molar-refractivity contribution >= 4 is 17.5 Å². The van der Waals surface area contributed by atoms with Crippen molar-refractivity contribution in [2.24, 2.45) is 17.8 Å². The number of ether oxygens (including phenoxy) is 1. The van der Waals surface area contributed by atoms with Crippen molar-refractivity contribution in [3.63, 3.8) is 0 Å². The molecule has 106 valence electrons. The number of rotatable bonds is 6. The van der Waals surface area contributed by atoms with E-state index in [0.717, 1.165) is 19.4 Å². The molecule has 0 aromatic rings. The zero-order valence-corrected chi connectivity index (χ0v) is 12.7. The van der Waals surface area contributed by atoms with E-state index in [9.17, 15) is 4.79 Å². The van der Waals surface area contributed by atoms with Crippen LogP contribution in [0.2, 0.25) is 0 Å². The van der Waals surface area contributed by atoms with Crippen LogP contribution in [0.3, 0.4) is 0 Å². The molecule has 5 unspecified atom stereocenters. The summed E-state index contributed by atoms with van der Waals surface area (Å²) in [5.41, 5.74) is 0. The highest BCUT2D eigenvalue weighted by atomic mass is 35.5. The molecule has 4 heteroatoms. The lowest BCUT2D eigenvalue weighted by Crippen LogP contribution is -2.39. The Balaban J connectivity index is 2.45. The number of hydrogen-bond donors (Lipinski definition) is 1. The van der Waals surface area contributed by atoms with Crippen molar-refractivity contribution < 1.29 is 9.53 Å². The van der Waals surface area contributed by atoms with Gasteiger partial charge < -0.3 is 10.1 Å². The summed E-state index contributed by atoms with van der Waals surface area (Å²) in [4.78, 5) is 12.2. The van der Waals surface area contributed by atoms with Gasteiger partial charge in [-0.15, -0.1) is 11.6 Å². The summed E-state index contributed by atoms with van der Waals surface area (Å²) in [5.74, 6) is 1.54. The van der Waals surface area contributed by atoms with Crippen LogP contribution in [0, 0.1) is 17.8 Å². The third-order valence-corrected chi connectivity index (χ3v) is 4.42. The summed E-state index contributed by atoms with van der Waals surface area (Å²) >= 11 is 5.75. The van der Waals surface area contributed by atoms with Crippen molar-refractivity contribution in [1.29, 1.82) is 0 Å². The molecule has 18 heavy (non-hydrogen) atoms. The van der Waals surface area contributed by atoms with Gasteiger partial charge in [-0.1, -0.05) is 20.3 Å². The fraction of sp³-hybridized carbons (Fsp3) is 0.929. The van der Waals surface area contributed by atoms with E-state index in [1.165, 1.54) is 0 Å². The molecule has 0 aliphatic carbocycles. The first-order valence-electron chi connectivity index (χ1n) is 7.00. The van der Waals surface area contributed by atoms with Gasteiger partial charge in [-0.3, -0.25) is 4.79 Å². The van der Waals surface area contributed by atoms with E-state index in [1.807, 2.05) is 13.8 Å². The first-order chi connectivity index (χ1) is 8.51. The van der Waals surface area contributed by atoms with Gasteiger partial charge in [-0.2, -0.15) is 0 Å². The molecular weight excluding hydrogens is 250 g/mol. The Morgan fingerprint density at radius 2 is 2.00 bits per heavy atom. The van der Waals surface area contributed by atoms with Gasteiger partial charge in [0.2, 0.25) is 5.91 Å². The maximum absolute atomic E-state index is 12.2. The van der Waals surface area contributed by atoms with Crippen LogP contribution in [0.15, 0.2) is 0 Å². The van der Waals surface area contributed by atoms with Gasteiger partial charge in [0.15, 0.2) is 0 Å². The largest absolute Gasteiger partial charge is 0.374 e. The number of nitrogens with one attached hydrogen (secondary N) is 1. The molecule has 0 aromatic carbocycles. The lowest BCUT2D eigenvalue weighted by molar-refractivity contribution is -0.127. The van der Waals surface area contributed by atoms with Crippen molar-refractivity contribution in [2.75, 3.05) is 12.4 Å². The van der Waals surface area contributed by atoms with E-state index in [2.05, 4.69) is 19.2 Å². The highest BCUT2D eigenvalue weighted by molar-refractivity contribution is 6.17. The predicted molar refractivity (Wildman–Crippen MR) is 74.8 cm³/mol. The minimum Gasteiger partial charge on any atom is -0.374 e. The lowest BCUT2D eigenvalue weighted by atomic mass is 9.88. The Morgan fingerprint density at radius 3 is 2.44 bits per heavy atom. The molecule has 1 rings (SSSR count). The molecule has 1 aliphatic rings. The number of carbonyl (C=O) groups excluding carboxylic acids is 1. The van der Waals surface area contributed by atoms with Gasteiger partial charge in [-0.25, -0.2) is 0 Å². The normalized spacial score (nSPS) is 33.4. The van der Waals surface area contributed by atoms with E-state index in [0.29, 0.717) is 11.8 Å². The van der Waals surface area contributed by atoms with E-state index < -0.39 is 0 Å². The zero-order chi connectivity index (χ0) is 13.7. The maximum atomic E-state index is 12.2. The van der Waals surface area contributed by atoms with Crippen molar-refractivity contribution in [3.05, 3.63) is 0 Å². The molecule has 1 amide bonds. The Kier molecular flexibility index (Phi) is 6.44. The van der Waals surface area contributed by atoms with Crippen LogP contribution >= 0.6 is 11.6 Å². The Bertz CT molecular complexity index is 273. The molecule has 3 nitrogen and oxygen atoms in total. The first kappa shape index (κ1) is 15.8. The molecule has 0 bridgehead atoms. The number of carbonyl (C=O) groups is 1. The second kappa shape index (κ2) is 7.34. The highest BCUT2D eigenvalue weighted by Gasteiger charge is 2.41. The molecule has 5 atom stereocenters. The Morgan fingerprint density at radius 1 is 1.33 bits per heavy atom. The van der Waals surface area contributed by atoms with E-state index in [-0.39, 0.29) is 30.0 Å². The van der Waals surface area contributed by atoms with Gasteiger partial charge in [0.1, 0.15) is 0 Å². The molecule has 1 saturated heterocycles. The van der Waals surface area contributed by atoms with E-state index >= 15 is 0 Å². The summed E-state index contributed by atoms with van der Waals surface area (Å²) in [6, 6.07) is 0. The van der Waals surface area contributed by atoms with Crippen LogP contribution in [-0.4, -0.2) is 30.5 Å². The predicted octanol–water partition coefficient (Wildman–Crippen LogP) is 2.82. The molecule has 1 heterocycles. The lowest BCUT2D eigenvalue weighted by Gasteiger charge is -2.20. The summed E-state index contributed by atoms with van der Waals surface area (Å²) < 4.78 is 5.71. The topological polar surface area (TPSA) is 38.3 Å². The Hall–Kier alpha value is -0.280. The summed E-state index contributed by atoms with van der Waals surface area (Å²) in [6.07, 6.45) is 2.19. The quantitative estimate of drug-likeness (QED) is 0.757. The Labute approximate surface area is 116 Å². The molecule has 1 aliphatic heterocycles. The summed E-state index contributed by atoms with van der Waals surface area (Å²) in [5, 5.41) is 3.06. The fourth-order valence-corrected chi connectivity index (χ4v) is 2.99. The smallest absolute Gasteiger partial charge is 0.226 e. The van der Waals surface area contributed by atoms with Crippen LogP contribution in [0.1, 0.15) is 40.5 Å². The SMILES string of the molecule is CCC(CCCl)CNC(=O)C1C(C)OC(C)C1C. The average Bonchev–Trinajstić information content (AvgIpc) is 2.58. The second-order valence-corrected chi connectivity index (χ2v) is 5.81. The second-order valence-electron chi connectivity index (χ2n) is 5.43.